The lowest BCUT2D eigenvalue weighted by Crippen LogP contribution is -2.64. The zero-order chi connectivity index (χ0) is 74.1. The van der Waals surface area contributed by atoms with Crippen molar-refractivity contribution in [2.45, 2.75) is 151 Å². The number of aromatic hydroxyl groups is 1. The van der Waals surface area contributed by atoms with Gasteiger partial charge in [-0.15, -0.1) is 0 Å². The molecule has 11 amide bonds. The summed E-state index contributed by atoms with van der Waals surface area (Å²) in [5, 5.41) is 94.7. The van der Waals surface area contributed by atoms with E-state index in [1.807, 2.05) is 0 Å². The third-order valence-corrected chi connectivity index (χ3v) is 17.0. The molecule has 0 radical (unpaired) electrons. The highest BCUT2D eigenvalue weighted by atomic mass is 35.5. The number of aromatic amines is 1. The molecule has 0 bridgehead atoms. The predicted octanol–water partition coefficient (Wildman–Crippen LogP) is -5.01. The number of hydrogen-bond acceptors (Lipinski definition) is 21. The summed E-state index contributed by atoms with van der Waals surface area (Å²) in [6, 6.07) is -3.76. The summed E-state index contributed by atoms with van der Waals surface area (Å²) in [4.78, 5) is 199. The number of aliphatic hydroxyl groups is 4. The van der Waals surface area contributed by atoms with Crippen molar-refractivity contribution in [3.8, 4) is 5.75 Å². The molecule has 35 nitrogen and oxygen atoms in total. The number of carboxylic acid groups (broad SMARTS) is 2. The van der Waals surface area contributed by atoms with Gasteiger partial charge in [-0.25, -0.2) is 4.79 Å². The standard InChI is InChI=1S/C64H82ClN13O22/c1-27(2)46-58(92)71-41(19-31-9-7-6-8-10-31)62(96)78-24-28(3)51(85)50(78)64(99)100-26-43(57(91)76-47(29(4)53(67)87)59(93)70-40(55(89)75-46)20-33-23-68-39-21-34(65)13-16-36(33)39)73-60(94)48(30(5)80)77-54(88)38(17-18-45(83)84)69-56(90)42(25-79)72-61(95)49(74-44(82)22-37(66)63(97)98)52(86)32-11-14-35(81)15-12-32/h6-16,21,23,27-30,37-38,40-43,46-52,68,79-81,85-86H,17-20,22,24-26,66H2,1-5H3,(H2,67,87)(H,69,90)(H,70,93)(H,71,92)(H,72,95)(H,73,94)(H,74,82)(H,75,89)(H,76,91)(H,77,88)(H,83,84)(H,97,98)/t28?,29?,30?,37-,38+,40-,41-,42-,43-,46+,47-,48-,49-,50-,51?,52?/m0/s1. The fraction of sp³-hybridized carbons (Fsp3) is 0.469. The molecule has 3 aromatic carbocycles. The molecular formula is C64H82ClN13O22. The van der Waals surface area contributed by atoms with Gasteiger partial charge in [0.05, 0.1) is 31.2 Å². The molecule has 3 heterocycles. The molecule has 0 spiro atoms. The van der Waals surface area contributed by atoms with E-state index in [-0.39, 0.29) is 30.7 Å². The lowest BCUT2D eigenvalue weighted by atomic mass is 9.97. The monoisotopic (exact) mass is 1420 g/mol. The Hall–Kier alpha value is -10.3. The number of fused-ring (bicyclic) bond motifs is 2. The second kappa shape index (κ2) is 35.4. The number of hydrogen-bond donors (Lipinski definition) is 19. The number of carbonyl (C=O) groups is 14. The van der Waals surface area contributed by atoms with Crippen molar-refractivity contribution in [2.75, 3.05) is 19.8 Å². The van der Waals surface area contributed by atoms with Gasteiger partial charge >= 0.3 is 17.9 Å². The maximum absolute atomic E-state index is 15.0. The van der Waals surface area contributed by atoms with Crippen LogP contribution in [0.25, 0.3) is 10.9 Å². The molecule has 2 saturated heterocycles. The number of carboxylic acids is 2. The van der Waals surface area contributed by atoms with E-state index < -0.39 is 218 Å². The number of H-pyrrole nitrogens is 1. The lowest BCUT2D eigenvalue weighted by molar-refractivity contribution is -0.159. The Morgan fingerprint density at radius 2 is 1.35 bits per heavy atom. The molecule has 2 aliphatic heterocycles. The van der Waals surface area contributed by atoms with Gasteiger partial charge in [0.1, 0.15) is 78.9 Å². The highest BCUT2D eigenvalue weighted by Crippen LogP contribution is 2.28. The van der Waals surface area contributed by atoms with Crippen molar-refractivity contribution >= 4 is 105 Å². The number of ether oxygens (including phenoxy) is 1. The molecule has 0 saturated carbocycles. The van der Waals surface area contributed by atoms with Gasteiger partial charge in [-0.2, -0.15) is 0 Å². The predicted molar refractivity (Wildman–Crippen MR) is 348 cm³/mol. The van der Waals surface area contributed by atoms with E-state index in [0.717, 1.165) is 43.0 Å². The summed E-state index contributed by atoms with van der Waals surface area (Å²) in [5.41, 5.74) is 12.5. The highest BCUT2D eigenvalue weighted by molar-refractivity contribution is 6.31. The topological polar surface area (TPSA) is 569 Å². The molecule has 5 unspecified atom stereocenters. The molecule has 16 atom stereocenters. The Bertz CT molecular complexity index is 3690. The van der Waals surface area contributed by atoms with E-state index in [1.165, 1.54) is 13.1 Å². The average Bonchev–Trinajstić information content (AvgIpc) is 1.63. The zero-order valence-electron chi connectivity index (χ0n) is 54.7. The first-order valence-electron chi connectivity index (χ1n) is 31.5. The number of halogens is 1. The summed E-state index contributed by atoms with van der Waals surface area (Å²) < 4.78 is 5.63. The number of rotatable bonds is 26. The molecule has 0 aliphatic carbocycles. The number of esters is 1. The van der Waals surface area contributed by atoms with E-state index in [0.29, 0.717) is 27.1 Å². The Kier molecular flexibility index (Phi) is 27.9. The number of carbonyl (C=O) groups excluding carboxylic acids is 12. The number of nitrogens with two attached hydrogens (primary N) is 2. The second-order valence-corrected chi connectivity index (χ2v) is 25.2. The quantitative estimate of drug-likeness (QED) is 0.0262. The first-order chi connectivity index (χ1) is 47.1. The number of benzene rings is 3. The SMILES string of the molecule is CC1CN2C(=O)[C@H](Cc3ccccc3)NC(=O)[C@@H](C(C)C)NC(=O)[C@H](Cc3c[nH]c4cc(Cl)ccc34)NC(=O)[C@H](C(C)C(N)=O)NC(=O)[C@@H](NC(=O)[C@@H](NC(=O)[C@@H](CCC(=O)O)NC(=O)[C@H](CO)NC(=O)[C@@H](NC(=O)C[C@H](N)C(=O)O)C(O)c3ccc(O)cc3)C(C)O)COC(=O)[C@@H]2C1O. The molecule has 1 aromatic heterocycles. The largest absolute Gasteiger partial charge is 0.508 e. The zero-order valence-corrected chi connectivity index (χ0v) is 55.5. The van der Waals surface area contributed by atoms with Crippen LogP contribution >= 0.6 is 11.6 Å². The number of primary amides is 1. The van der Waals surface area contributed by atoms with Crippen LogP contribution in [0.3, 0.4) is 0 Å². The summed E-state index contributed by atoms with van der Waals surface area (Å²) in [6.45, 7) is 3.76. The van der Waals surface area contributed by atoms with Crippen LogP contribution < -0.4 is 59.3 Å². The van der Waals surface area contributed by atoms with Gasteiger partial charge in [-0.1, -0.05) is 87.8 Å². The first-order valence-corrected chi connectivity index (χ1v) is 31.9. The molecule has 2 aliphatic rings. The number of amides is 11. The number of aliphatic hydroxyl groups excluding tert-OH is 4. The van der Waals surface area contributed by atoms with Crippen LogP contribution in [0.4, 0.5) is 0 Å². The number of nitrogens with zero attached hydrogens (tertiary/aromatic N) is 1. The van der Waals surface area contributed by atoms with Crippen molar-refractivity contribution in [3.63, 3.8) is 0 Å². The van der Waals surface area contributed by atoms with E-state index in [4.69, 9.17) is 27.8 Å². The van der Waals surface area contributed by atoms with Gasteiger partial charge in [0.2, 0.25) is 65.0 Å². The van der Waals surface area contributed by atoms with Crippen LogP contribution in [-0.2, 0) is 84.7 Å². The Balaban J connectivity index is 1.36. The molecule has 21 N–H and O–H groups in total. The smallest absolute Gasteiger partial charge is 0.331 e. The molecule has 2 fully saturated rings. The average molecular weight is 1420 g/mol. The van der Waals surface area contributed by atoms with Crippen molar-refractivity contribution < 1.29 is 108 Å². The van der Waals surface area contributed by atoms with Gasteiger partial charge in [-0.3, -0.25) is 62.3 Å². The maximum Gasteiger partial charge on any atom is 0.331 e. The summed E-state index contributed by atoms with van der Waals surface area (Å²) in [6.07, 6.45) is -7.47. The fourth-order valence-corrected chi connectivity index (χ4v) is 11.1. The van der Waals surface area contributed by atoms with Crippen molar-refractivity contribution in [1.29, 1.82) is 0 Å². The maximum atomic E-state index is 15.0. The van der Waals surface area contributed by atoms with Gasteiger partial charge in [-0.05, 0) is 60.2 Å². The molecule has 36 heteroatoms. The Morgan fingerprint density at radius 1 is 0.730 bits per heavy atom. The molecule has 4 aromatic rings. The number of cyclic esters (lactones) is 1. The van der Waals surface area contributed by atoms with E-state index in [9.17, 15) is 103 Å². The minimum Gasteiger partial charge on any atom is -0.508 e. The third-order valence-electron chi connectivity index (χ3n) is 16.8. The van der Waals surface area contributed by atoms with Crippen LogP contribution in [0.1, 0.15) is 76.7 Å². The minimum absolute atomic E-state index is 0.123. The fourth-order valence-electron chi connectivity index (χ4n) is 11.0. The third kappa shape index (κ3) is 20.9. The molecule has 100 heavy (non-hydrogen) atoms. The van der Waals surface area contributed by atoms with Crippen molar-refractivity contribution in [1.82, 2.24) is 57.7 Å². The lowest BCUT2D eigenvalue weighted by Gasteiger charge is -2.31. The first kappa shape index (κ1) is 78.7. The van der Waals surface area contributed by atoms with Crippen molar-refractivity contribution in [2.24, 2.45) is 29.2 Å². The highest BCUT2D eigenvalue weighted by Gasteiger charge is 2.49. The van der Waals surface area contributed by atoms with E-state index in [1.54, 1.807) is 62.4 Å². The number of aromatic nitrogens is 1. The second-order valence-electron chi connectivity index (χ2n) is 24.7. The summed E-state index contributed by atoms with van der Waals surface area (Å²) >= 11 is 6.26. The van der Waals surface area contributed by atoms with Crippen LogP contribution in [0.15, 0.2) is 79.0 Å². The Labute approximate surface area is 575 Å². The van der Waals surface area contributed by atoms with Gasteiger partial charge < -0.3 is 110 Å². The molecule has 542 valence electrons. The van der Waals surface area contributed by atoms with Gasteiger partial charge in [0.15, 0.2) is 6.04 Å². The van der Waals surface area contributed by atoms with Crippen molar-refractivity contribution in [3.05, 3.63) is 101 Å². The van der Waals surface area contributed by atoms with E-state index in [2.05, 4.69) is 52.8 Å². The van der Waals surface area contributed by atoms with E-state index >= 15 is 0 Å². The van der Waals surface area contributed by atoms with Crippen LogP contribution in [0.5, 0.6) is 5.75 Å². The number of phenols is 1. The number of nitrogens with one attached hydrogen (secondary N) is 10. The van der Waals surface area contributed by atoms with Crippen LogP contribution in [-0.4, -0.2) is 227 Å². The molecular weight excluding hydrogens is 1340 g/mol. The minimum atomic E-state index is -2.28. The number of phenolic OH excluding ortho intramolecular Hbond substituents is 1. The van der Waals surface area contributed by atoms with Gasteiger partial charge in [0.25, 0.3) is 0 Å². The van der Waals surface area contributed by atoms with Crippen LogP contribution in [0.2, 0.25) is 5.02 Å². The Morgan fingerprint density at radius 3 is 1.96 bits per heavy atom. The normalized spacial score (nSPS) is 22.7. The molecule has 6 rings (SSSR count). The number of aliphatic carboxylic acids is 2. The summed E-state index contributed by atoms with van der Waals surface area (Å²) in [5.74, 6) is -22.0. The van der Waals surface area contributed by atoms with Crippen LogP contribution in [0, 0.1) is 17.8 Å². The van der Waals surface area contributed by atoms with Gasteiger partial charge in [0, 0.05) is 53.8 Å². The summed E-state index contributed by atoms with van der Waals surface area (Å²) in [7, 11) is 0.